The number of carbonyl (C=O) groups excluding carboxylic acids is 1. The molecule has 1 aliphatic heterocycles. The molecule has 23 heavy (non-hydrogen) atoms. The average molecular weight is 305 g/mol. The summed E-state index contributed by atoms with van der Waals surface area (Å²) >= 11 is 0. The largest absolute Gasteiger partial charge is 0.357 e. The maximum absolute atomic E-state index is 12.8. The number of para-hydroxylation sites is 1. The van der Waals surface area contributed by atoms with Crippen molar-refractivity contribution in [3.63, 3.8) is 0 Å². The van der Waals surface area contributed by atoms with Gasteiger partial charge in [0.2, 0.25) is 5.72 Å². The summed E-state index contributed by atoms with van der Waals surface area (Å²) in [6.45, 7) is 2.10. The van der Waals surface area contributed by atoms with E-state index in [0.29, 0.717) is 23.2 Å². The monoisotopic (exact) mass is 305 g/mol. The first-order valence-electron chi connectivity index (χ1n) is 7.90. The molecule has 1 unspecified atom stereocenters. The van der Waals surface area contributed by atoms with Crippen LogP contribution in [0, 0.1) is 11.8 Å². The summed E-state index contributed by atoms with van der Waals surface area (Å²) in [7, 11) is 0. The molecule has 1 N–H and O–H groups in total. The fourth-order valence-corrected chi connectivity index (χ4v) is 2.82. The lowest BCUT2D eigenvalue weighted by Gasteiger charge is -2.29. The summed E-state index contributed by atoms with van der Waals surface area (Å²) in [4.78, 5) is 14.2. The molecule has 1 atom stereocenters. The van der Waals surface area contributed by atoms with Crippen LogP contribution < -0.4 is 4.90 Å². The van der Waals surface area contributed by atoms with Crippen molar-refractivity contribution in [3.05, 3.63) is 65.7 Å². The lowest BCUT2D eigenvalue weighted by atomic mass is 10.0. The van der Waals surface area contributed by atoms with Gasteiger partial charge in [-0.1, -0.05) is 55.7 Å². The van der Waals surface area contributed by atoms with Gasteiger partial charge in [0.25, 0.3) is 5.91 Å². The van der Waals surface area contributed by atoms with Crippen LogP contribution in [0.3, 0.4) is 0 Å². The van der Waals surface area contributed by atoms with Gasteiger partial charge in [-0.05, 0) is 30.5 Å². The van der Waals surface area contributed by atoms with Crippen LogP contribution in [-0.4, -0.2) is 11.0 Å². The second-order valence-electron chi connectivity index (χ2n) is 5.60. The highest BCUT2D eigenvalue weighted by atomic mass is 16.3. The molecule has 0 saturated heterocycles. The fraction of sp³-hybridized carbons (Fsp3) is 0.250. The van der Waals surface area contributed by atoms with E-state index in [9.17, 15) is 9.90 Å². The highest BCUT2D eigenvalue weighted by Gasteiger charge is 2.48. The summed E-state index contributed by atoms with van der Waals surface area (Å²) in [5.74, 6) is 5.75. The van der Waals surface area contributed by atoms with Crippen LogP contribution in [0.5, 0.6) is 0 Å². The van der Waals surface area contributed by atoms with Gasteiger partial charge >= 0.3 is 0 Å². The van der Waals surface area contributed by atoms with Crippen molar-refractivity contribution < 1.29 is 9.90 Å². The third-order valence-electron chi connectivity index (χ3n) is 3.99. The van der Waals surface area contributed by atoms with Crippen LogP contribution in [0.15, 0.2) is 54.6 Å². The van der Waals surface area contributed by atoms with Crippen molar-refractivity contribution in [2.45, 2.75) is 31.9 Å². The Hall–Kier alpha value is -2.57. The van der Waals surface area contributed by atoms with Crippen molar-refractivity contribution in [2.24, 2.45) is 0 Å². The van der Waals surface area contributed by atoms with E-state index in [4.69, 9.17) is 0 Å². The standard InChI is InChI=1S/C20H19NO2/c1-2-3-4-10-15-20(23)18-14-9-8-13-17(18)19(22)21(20)16-11-6-5-7-12-16/h5-9,11-14,23H,2-4H2,1H3. The normalized spacial score (nSPS) is 19.2. The van der Waals surface area contributed by atoms with Crippen molar-refractivity contribution >= 4 is 11.6 Å². The highest BCUT2D eigenvalue weighted by Crippen LogP contribution is 2.40. The molecule has 2 aromatic rings. The van der Waals surface area contributed by atoms with Gasteiger partial charge < -0.3 is 5.11 Å². The van der Waals surface area contributed by atoms with Gasteiger partial charge in [0, 0.05) is 23.2 Å². The first kappa shape index (κ1) is 15.3. The van der Waals surface area contributed by atoms with Gasteiger partial charge in [-0.2, -0.15) is 0 Å². The lowest BCUT2D eigenvalue weighted by Crippen LogP contribution is -2.43. The number of carbonyl (C=O) groups is 1. The van der Waals surface area contributed by atoms with E-state index in [1.54, 1.807) is 18.2 Å². The number of nitrogens with zero attached hydrogens (tertiary/aromatic N) is 1. The van der Waals surface area contributed by atoms with Gasteiger partial charge in [-0.25, -0.2) is 0 Å². The third kappa shape index (κ3) is 2.62. The first-order valence-corrected chi connectivity index (χ1v) is 7.90. The number of fused-ring (bicyclic) bond motifs is 1. The second-order valence-corrected chi connectivity index (χ2v) is 5.60. The van der Waals surface area contributed by atoms with E-state index in [-0.39, 0.29) is 5.91 Å². The Labute approximate surface area is 136 Å². The molecule has 1 heterocycles. The molecule has 0 aromatic heterocycles. The Morgan fingerprint density at radius 1 is 1.09 bits per heavy atom. The molecular formula is C20H19NO2. The Balaban J connectivity index is 2.10. The molecule has 0 aliphatic carbocycles. The van der Waals surface area contributed by atoms with Crippen LogP contribution in [0.4, 0.5) is 5.69 Å². The maximum Gasteiger partial charge on any atom is 0.262 e. The van der Waals surface area contributed by atoms with E-state index in [2.05, 4.69) is 18.8 Å². The Bertz CT molecular complexity index is 773. The van der Waals surface area contributed by atoms with Gasteiger partial charge in [0.15, 0.2) is 0 Å². The van der Waals surface area contributed by atoms with Gasteiger partial charge in [-0.15, -0.1) is 0 Å². The zero-order valence-corrected chi connectivity index (χ0v) is 13.1. The minimum atomic E-state index is -1.61. The zero-order valence-electron chi connectivity index (χ0n) is 13.1. The summed E-state index contributed by atoms with van der Waals surface area (Å²) in [5, 5.41) is 11.3. The number of amides is 1. The molecule has 0 saturated carbocycles. The lowest BCUT2D eigenvalue weighted by molar-refractivity contribution is 0.0792. The number of anilines is 1. The second kappa shape index (κ2) is 6.28. The molecule has 1 aliphatic rings. The number of benzene rings is 2. The smallest absolute Gasteiger partial charge is 0.262 e. The number of hydrogen-bond acceptors (Lipinski definition) is 2. The summed E-state index contributed by atoms with van der Waals surface area (Å²) in [6, 6.07) is 16.3. The molecule has 3 heteroatoms. The number of hydrogen-bond donors (Lipinski definition) is 1. The minimum Gasteiger partial charge on any atom is -0.357 e. The van der Waals surface area contributed by atoms with E-state index in [1.165, 1.54) is 4.90 Å². The molecular weight excluding hydrogens is 286 g/mol. The molecule has 0 radical (unpaired) electrons. The molecule has 0 bridgehead atoms. The van der Waals surface area contributed by atoms with E-state index < -0.39 is 5.72 Å². The van der Waals surface area contributed by atoms with Gasteiger partial charge in [-0.3, -0.25) is 9.69 Å². The molecule has 1 amide bonds. The summed E-state index contributed by atoms with van der Waals surface area (Å²) < 4.78 is 0. The quantitative estimate of drug-likeness (QED) is 0.694. The molecule has 0 fully saturated rings. The van der Waals surface area contributed by atoms with Crippen LogP contribution in [-0.2, 0) is 5.72 Å². The van der Waals surface area contributed by atoms with Crippen molar-refractivity contribution in [1.82, 2.24) is 0 Å². The number of unbranched alkanes of at least 4 members (excludes halogenated alkanes) is 2. The van der Waals surface area contributed by atoms with Crippen LogP contribution >= 0.6 is 0 Å². The molecule has 3 nitrogen and oxygen atoms in total. The summed E-state index contributed by atoms with van der Waals surface area (Å²) in [5.41, 5.74) is 0.0884. The number of rotatable bonds is 3. The van der Waals surface area contributed by atoms with E-state index >= 15 is 0 Å². The van der Waals surface area contributed by atoms with Crippen molar-refractivity contribution in [2.75, 3.05) is 4.90 Å². The topological polar surface area (TPSA) is 40.5 Å². The van der Waals surface area contributed by atoms with Crippen molar-refractivity contribution in [3.8, 4) is 11.8 Å². The van der Waals surface area contributed by atoms with Crippen LogP contribution in [0.1, 0.15) is 42.1 Å². The molecule has 116 valence electrons. The predicted octanol–water partition coefficient (Wildman–Crippen LogP) is 3.69. The van der Waals surface area contributed by atoms with Gasteiger partial charge in [0.1, 0.15) is 0 Å². The molecule has 2 aromatic carbocycles. The van der Waals surface area contributed by atoms with Crippen LogP contribution in [0.25, 0.3) is 0 Å². The van der Waals surface area contributed by atoms with E-state index in [0.717, 1.165) is 12.8 Å². The zero-order chi connectivity index (χ0) is 16.3. The predicted molar refractivity (Wildman–Crippen MR) is 90.9 cm³/mol. The van der Waals surface area contributed by atoms with Crippen LogP contribution in [0.2, 0.25) is 0 Å². The Morgan fingerprint density at radius 3 is 2.52 bits per heavy atom. The maximum atomic E-state index is 12.8. The minimum absolute atomic E-state index is 0.223. The van der Waals surface area contributed by atoms with E-state index in [1.807, 2.05) is 36.4 Å². The van der Waals surface area contributed by atoms with Crippen molar-refractivity contribution in [1.29, 1.82) is 0 Å². The van der Waals surface area contributed by atoms with Gasteiger partial charge in [0.05, 0.1) is 0 Å². The fourth-order valence-electron chi connectivity index (χ4n) is 2.82. The molecule has 0 spiro atoms. The average Bonchev–Trinajstić information content (AvgIpc) is 2.81. The third-order valence-corrected chi connectivity index (χ3v) is 3.99. The number of aliphatic hydroxyl groups is 1. The SMILES string of the molecule is CCCCC#CC1(O)c2ccccc2C(=O)N1c1ccccc1. The summed E-state index contributed by atoms with van der Waals surface area (Å²) in [6.07, 6.45) is 2.73. The highest BCUT2D eigenvalue weighted by molar-refractivity contribution is 6.12. The molecule has 3 rings (SSSR count). The Morgan fingerprint density at radius 2 is 1.78 bits per heavy atom. The first-order chi connectivity index (χ1) is 11.2. The Kier molecular flexibility index (Phi) is 4.18.